The highest BCUT2D eigenvalue weighted by Crippen LogP contribution is 2.32. The number of sulfone groups is 3. The van der Waals surface area contributed by atoms with Gasteiger partial charge in [0.1, 0.15) is 0 Å². The third-order valence-corrected chi connectivity index (χ3v) is 6.17. The summed E-state index contributed by atoms with van der Waals surface area (Å²) in [5.41, 5.74) is 0. The fourth-order valence-corrected chi connectivity index (χ4v) is 4.68. The van der Waals surface area contributed by atoms with Crippen molar-refractivity contribution >= 4 is 41.1 Å². The molecule has 0 saturated carbocycles. The van der Waals surface area contributed by atoms with Crippen LogP contribution in [-0.2, 0) is 29.5 Å². The lowest BCUT2D eigenvalue weighted by Crippen LogP contribution is -2.08. The van der Waals surface area contributed by atoms with Gasteiger partial charge in [0, 0.05) is 18.8 Å². The molecule has 1 aromatic carbocycles. The van der Waals surface area contributed by atoms with Crippen molar-refractivity contribution in [3.63, 3.8) is 0 Å². The third kappa shape index (κ3) is 3.68. The summed E-state index contributed by atoms with van der Waals surface area (Å²) >= 11 is 5.75. The Hall–Kier alpha value is -0.640. The zero-order chi connectivity index (χ0) is 15.2. The highest BCUT2D eigenvalue weighted by atomic mass is 35.5. The molecule has 0 aromatic heterocycles. The van der Waals surface area contributed by atoms with Crippen LogP contribution in [0.3, 0.4) is 0 Å². The average molecular weight is 347 g/mol. The quantitative estimate of drug-likeness (QED) is 0.791. The predicted molar refractivity (Wildman–Crippen MR) is 70.8 cm³/mol. The van der Waals surface area contributed by atoms with E-state index in [-0.39, 0.29) is 0 Å². The lowest BCUT2D eigenvalue weighted by Gasteiger charge is -2.09. The third-order valence-electron chi connectivity index (χ3n) is 2.21. The molecule has 0 aliphatic carbocycles. The van der Waals surface area contributed by atoms with Crippen LogP contribution in [0, 0.1) is 0 Å². The maximum atomic E-state index is 11.5. The van der Waals surface area contributed by atoms with E-state index in [0.717, 1.165) is 30.9 Å². The van der Waals surface area contributed by atoms with E-state index in [2.05, 4.69) is 0 Å². The number of rotatable bonds is 3. The number of hydrogen-bond donors (Lipinski definition) is 0. The van der Waals surface area contributed by atoms with Gasteiger partial charge >= 0.3 is 0 Å². The summed E-state index contributed by atoms with van der Waals surface area (Å²) < 4.78 is 69.1. The molecule has 0 amide bonds. The zero-order valence-corrected chi connectivity index (χ0v) is 13.4. The standard InChI is InChI=1S/C9H11ClO6S3/c1-17(11,12)6-4-7(18(2,13)14)9(10)8(5-6)19(3,15)16/h4-5H,1-3H3. The summed E-state index contributed by atoms with van der Waals surface area (Å²) in [7, 11) is -11.5. The van der Waals surface area contributed by atoms with Gasteiger partial charge in [0.15, 0.2) is 29.5 Å². The van der Waals surface area contributed by atoms with E-state index in [4.69, 9.17) is 11.6 Å². The first-order valence-corrected chi connectivity index (χ1v) is 10.7. The molecule has 0 bridgehead atoms. The molecule has 19 heavy (non-hydrogen) atoms. The van der Waals surface area contributed by atoms with Crippen LogP contribution in [-0.4, -0.2) is 44.0 Å². The highest BCUT2D eigenvalue weighted by molar-refractivity contribution is 7.92. The second kappa shape index (κ2) is 4.72. The Balaban J connectivity index is 4.00. The summed E-state index contributed by atoms with van der Waals surface area (Å²) in [5.74, 6) is 0. The maximum Gasteiger partial charge on any atom is 0.177 e. The van der Waals surface area contributed by atoms with Gasteiger partial charge in [-0.15, -0.1) is 0 Å². The van der Waals surface area contributed by atoms with Crippen LogP contribution >= 0.6 is 11.6 Å². The molecule has 10 heteroatoms. The van der Waals surface area contributed by atoms with Crippen LogP contribution in [0.4, 0.5) is 0 Å². The summed E-state index contributed by atoms with van der Waals surface area (Å²) in [6.07, 6.45) is 2.47. The Morgan fingerprint density at radius 3 is 1.26 bits per heavy atom. The molecule has 0 radical (unpaired) electrons. The van der Waals surface area contributed by atoms with E-state index in [1.807, 2.05) is 0 Å². The van der Waals surface area contributed by atoms with E-state index in [1.165, 1.54) is 0 Å². The van der Waals surface area contributed by atoms with Gasteiger partial charge in [-0.1, -0.05) is 11.6 Å². The number of hydrogen-bond acceptors (Lipinski definition) is 6. The van der Waals surface area contributed by atoms with Crippen LogP contribution < -0.4 is 0 Å². The molecule has 0 heterocycles. The van der Waals surface area contributed by atoms with Crippen LogP contribution in [0.5, 0.6) is 0 Å². The molecule has 0 spiro atoms. The van der Waals surface area contributed by atoms with Crippen molar-refractivity contribution in [3.05, 3.63) is 17.2 Å². The van der Waals surface area contributed by atoms with Gasteiger partial charge in [-0.3, -0.25) is 0 Å². The molecule has 0 atom stereocenters. The second-order valence-corrected chi connectivity index (χ2v) is 10.4. The summed E-state index contributed by atoms with van der Waals surface area (Å²) in [4.78, 5) is -1.48. The smallest absolute Gasteiger partial charge is 0.177 e. The fraction of sp³-hybridized carbons (Fsp3) is 0.333. The lowest BCUT2D eigenvalue weighted by molar-refractivity contribution is 0.598. The molecule has 1 aromatic rings. The molecule has 6 nitrogen and oxygen atoms in total. The summed E-state index contributed by atoms with van der Waals surface area (Å²) in [6.45, 7) is 0. The molecule has 0 fully saturated rings. The molecule has 0 aliphatic rings. The highest BCUT2D eigenvalue weighted by Gasteiger charge is 2.24. The first-order valence-electron chi connectivity index (χ1n) is 4.68. The summed E-state index contributed by atoms with van der Waals surface area (Å²) in [5, 5.41) is -0.502. The van der Waals surface area contributed by atoms with Gasteiger partial charge in [-0.05, 0) is 12.1 Å². The van der Waals surface area contributed by atoms with Gasteiger partial charge in [0.05, 0.1) is 19.7 Å². The minimum Gasteiger partial charge on any atom is -0.224 e. The van der Waals surface area contributed by atoms with Gasteiger partial charge in [-0.25, -0.2) is 25.3 Å². The van der Waals surface area contributed by atoms with Crippen LogP contribution in [0.15, 0.2) is 26.8 Å². The maximum absolute atomic E-state index is 11.5. The first-order chi connectivity index (χ1) is 8.24. The van der Waals surface area contributed by atoms with Gasteiger partial charge < -0.3 is 0 Å². The fourth-order valence-electron chi connectivity index (χ4n) is 1.30. The van der Waals surface area contributed by atoms with E-state index < -0.39 is 49.2 Å². The molecular formula is C9H11ClO6S3. The van der Waals surface area contributed by atoms with Crippen molar-refractivity contribution in [2.45, 2.75) is 14.7 Å². The van der Waals surface area contributed by atoms with Crippen LogP contribution in [0.25, 0.3) is 0 Å². The second-order valence-electron chi connectivity index (χ2n) is 4.05. The Morgan fingerprint density at radius 2 is 1.05 bits per heavy atom. The SMILES string of the molecule is CS(=O)(=O)c1cc(S(C)(=O)=O)c(Cl)c(S(C)(=O)=O)c1. The van der Waals surface area contributed by atoms with E-state index in [1.54, 1.807) is 0 Å². The molecule has 0 unspecified atom stereocenters. The van der Waals surface area contributed by atoms with Crippen molar-refractivity contribution < 1.29 is 25.3 Å². The Morgan fingerprint density at radius 1 is 0.737 bits per heavy atom. The minimum absolute atomic E-state index is 0.419. The van der Waals surface area contributed by atoms with Crippen LogP contribution in [0.2, 0.25) is 5.02 Å². The average Bonchev–Trinajstić information content (AvgIpc) is 2.11. The van der Waals surface area contributed by atoms with Crippen molar-refractivity contribution in [2.24, 2.45) is 0 Å². The Labute approximate surface area is 117 Å². The minimum atomic E-state index is -3.86. The van der Waals surface area contributed by atoms with Crippen molar-refractivity contribution in [1.29, 1.82) is 0 Å². The largest absolute Gasteiger partial charge is 0.224 e. The van der Waals surface area contributed by atoms with Gasteiger partial charge in [0.25, 0.3) is 0 Å². The monoisotopic (exact) mass is 346 g/mol. The Bertz CT molecular complexity index is 781. The Kier molecular flexibility index (Phi) is 4.08. The topological polar surface area (TPSA) is 102 Å². The van der Waals surface area contributed by atoms with Crippen molar-refractivity contribution in [2.75, 3.05) is 18.8 Å². The first kappa shape index (κ1) is 16.4. The van der Waals surface area contributed by atoms with Gasteiger partial charge in [-0.2, -0.15) is 0 Å². The zero-order valence-electron chi connectivity index (χ0n) is 10.2. The summed E-state index contributed by atoms with van der Waals surface area (Å²) in [6, 6.07) is 1.70. The molecule has 108 valence electrons. The van der Waals surface area contributed by atoms with Crippen molar-refractivity contribution in [1.82, 2.24) is 0 Å². The number of benzene rings is 1. The normalized spacial score (nSPS) is 13.5. The lowest BCUT2D eigenvalue weighted by atomic mass is 10.3. The molecule has 0 N–H and O–H groups in total. The molecule has 1 rings (SSSR count). The van der Waals surface area contributed by atoms with E-state index in [9.17, 15) is 25.3 Å². The van der Waals surface area contributed by atoms with Gasteiger partial charge in [0.2, 0.25) is 0 Å². The van der Waals surface area contributed by atoms with Crippen LogP contribution in [0.1, 0.15) is 0 Å². The molecule has 0 saturated heterocycles. The van der Waals surface area contributed by atoms with E-state index >= 15 is 0 Å². The molecular weight excluding hydrogens is 336 g/mol. The van der Waals surface area contributed by atoms with E-state index in [0.29, 0.717) is 0 Å². The predicted octanol–water partition coefficient (Wildman–Crippen LogP) is 0.551. The number of halogens is 1. The molecule has 0 aliphatic heterocycles. The van der Waals surface area contributed by atoms with Crippen molar-refractivity contribution in [3.8, 4) is 0 Å².